The first kappa shape index (κ1) is 39.9. The summed E-state index contributed by atoms with van der Waals surface area (Å²) in [6, 6.07) is 78.8. The van der Waals surface area contributed by atoms with E-state index in [1.807, 2.05) is 0 Å². The summed E-state index contributed by atoms with van der Waals surface area (Å²) in [5, 5.41) is 3.84. The van der Waals surface area contributed by atoms with E-state index in [2.05, 4.69) is 252 Å². The van der Waals surface area contributed by atoms with Crippen LogP contribution in [0, 0.1) is 0 Å². The van der Waals surface area contributed by atoms with Crippen molar-refractivity contribution >= 4 is 44.4 Å². The van der Waals surface area contributed by atoms with E-state index in [0.717, 1.165) is 31.4 Å². The Hall–Kier alpha value is -8.46. The lowest BCUT2D eigenvalue weighted by Crippen LogP contribution is -2.00. The molecule has 11 aromatic rings. The van der Waals surface area contributed by atoms with Gasteiger partial charge in [-0.05, 0) is 171 Å². The van der Waals surface area contributed by atoms with Crippen LogP contribution in [-0.4, -0.2) is 9.13 Å². The molecular weight excluding hydrogens is 821 g/mol. The Labute approximate surface area is 397 Å². The maximum absolute atomic E-state index is 2.50. The Bertz CT molecular complexity index is 3840. The summed E-state index contributed by atoms with van der Waals surface area (Å²) in [4.78, 5) is 0. The molecule has 0 saturated carbocycles. The fourth-order valence-corrected chi connectivity index (χ4v) is 11.1. The van der Waals surface area contributed by atoms with Gasteiger partial charge in [-0.15, -0.1) is 0 Å². The average Bonchev–Trinajstić information content (AvgIpc) is 3.95. The number of allylic oxidation sites excluding steroid dienone is 5. The zero-order valence-corrected chi connectivity index (χ0v) is 37.8. The van der Waals surface area contributed by atoms with Gasteiger partial charge in [0.1, 0.15) is 0 Å². The van der Waals surface area contributed by atoms with Crippen molar-refractivity contribution in [2.45, 2.75) is 25.7 Å². The number of para-hydroxylation sites is 1. The SMILES string of the molecule is C1=CCCC(c2cccc(-c3cc(-c4cccc5c4c4c(n5-c5cccc(-c6ccccc6)c5)C=CCC4)cc(-c4cccc5c4c4ccccc4n5-c4cccc(-c5ccccc5)c4)c3)c2)=C1. The first-order valence-electron chi connectivity index (χ1n) is 24.0. The number of benzene rings is 9. The molecule has 2 aliphatic carbocycles. The lowest BCUT2D eigenvalue weighted by molar-refractivity contribution is 0.968. The highest BCUT2D eigenvalue weighted by molar-refractivity contribution is 6.16. The molecule has 0 unspecified atom stereocenters. The van der Waals surface area contributed by atoms with E-state index >= 15 is 0 Å². The van der Waals surface area contributed by atoms with Gasteiger partial charge in [-0.1, -0.05) is 170 Å². The van der Waals surface area contributed by atoms with Gasteiger partial charge in [0.15, 0.2) is 0 Å². The summed E-state index contributed by atoms with van der Waals surface area (Å²) < 4.78 is 4.95. The molecule has 0 radical (unpaired) electrons. The van der Waals surface area contributed by atoms with Gasteiger partial charge in [0, 0.05) is 33.2 Å². The summed E-state index contributed by atoms with van der Waals surface area (Å²) in [5.74, 6) is 0. The summed E-state index contributed by atoms with van der Waals surface area (Å²) in [6.45, 7) is 0. The van der Waals surface area contributed by atoms with Crippen LogP contribution >= 0.6 is 0 Å². The van der Waals surface area contributed by atoms with Crippen LogP contribution in [0.3, 0.4) is 0 Å². The topological polar surface area (TPSA) is 9.86 Å². The molecule has 2 heterocycles. The molecule has 0 atom stereocenters. The van der Waals surface area contributed by atoms with Gasteiger partial charge in [0.25, 0.3) is 0 Å². The second kappa shape index (κ2) is 16.8. The number of hydrogen-bond donors (Lipinski definition) is 0. The minimum Gasteiger partial charge on any atom is -0.310 e. The van der Waals surface area contributed by atoms with E-state index in [9.17, 15) is 0 Å². The lowest BCUT2D eigenvalue weighted by atomic mass is 9.88. The monoisotopic (exact) mass is 868 g/mol. The van der Waals surface area contributed by atoms with Crippen LogP contribution in [0.4, 0.5) is 0 Å². The smallest absolute Gasteiger partial charge is 0.0547 e. The highest BCUT2D eigenvalue weighted by Gasteiger charge is 2.24. The molecule has 0 amide bonds. The van der Waals surface area contributed by atoms with E-state index < -0.39 is 0 Å². The van der Waals surface area contributed by atoms with Gasteiger partial charge in [-0.3, -0.25) is 0 Å². The molecule has 13 rings (SSSR count). The van der Waals surface area contributed by atoms with Gasteiger partial charge in [0.2, 0.25) is 0 Å². The third-order valence-electron chi connectivity index (χ3n) is 14.2. The number of nitrogens with zero attached hydrogens (tertiary/aromatic N) is 2. The van der Waals surface area contributed by atoms with Crippen molar-refractivity contribution in [2.24, 2.45) is 0 Å². The molecule has 0 aliphatic heterocycles. The second-order valence-electron chi connectivity index (χ2n) is 18.3. The standard InChI is InChI=1S/C66H48N2/c1-4-19-45(20-5-1)48-25-14-26-49(39-48)52-40-53(57-33-17-37-63-65(57)59-31-10-12-35-61(59)67(63)55-29-15-27-50(43-55)46-21-6-2-7-22-46)42-54(41-52)58-34-18-38-64-66(58)60-32-11-13-36-62(60)68(64)56-30-16-28-51(44-56)47-23-8-3-9-24-47/h1-4,6-10,12-19,21-31,33-44H,5,11,20,32H2. The largest absolute Gasteiger partial charge is 0.310 e. The Kier molecular flexibility index (Phi) is 9.83. The molecule has 0 saturated heterocycles. The van der Waals surface area contributed by atoms with Crippen molar-refractivity contribution in [2.75, 3.05) is 0 Å². The molecule has 2 heteroatoms. The molecule has 0 N–H and O–H groups in total. The highest BCUT2D eigenvalue weighted by atomic mass is 15.0. The number of aromatic nitrogens is 2. The van der Waals surface area contributed by atoms with Gasteiger partial charge < -0.3 is 9.13 Å². The molecule has 322 valence electrons. The molecule has 2 aromatic heterocycles. The van der Waals surface area contributed by atoms with E-state index in [1.165, 1.54) is 116 Å². The van der Waals surface area contributed by atoms with E-state index in [1.54, 1.807) is 0 Å². The number of hydrogen-bond acceptors (Lipinski definition) is 0. The molecular formula is C66H48N2. The van der Waals surface area contributed by atoms with Gasteiger partial charge in [0.05, 0.1) is 16.6 Å². The normalized spacial score (nSPS) is 13.3. The lowest BCUT2D eigenvalue weighted by Gasteiger charge is -2.16. The Morgan fingerprint density at radius 1 is 0.338 bits per heavy atom. The zero-order valence-electron chi connectivity index (χ0n) is 37.8. The molecule has 0 bridgehead atoms. The number of aryl methyl sites for hydroxylation is 1. The van der Waals surface area contributed by atoms with Crippen LogP contribution in [-0.2, 0) is 6.42 Å². The second-order valence-corrected chi connectivity index (χ2v) is 18.3. The molecule has 2 aliphatic rings. The van der Waals surface area contributed by atoms with Crippen molar-refractivity contribution in [1.82, 2.24) is 9.13 Å². The van der Waals surface area contributed by atoms with Crippen LogP contribution in [0.15, 0.2) is 237 Å². The summed E-state index contributed by atoms with van der Waals surface area (Å²) in [7, 11) is 0. The average molecular weight is 869 g/mol. The van der Waals surface area contributed by atoms with Crippen molar-refractivity contribution < 1.29 is 0 Å². The first-order valence-corrected chi connectivity index (χ1v) is 24.0. The van der Waals surface area contributed by atoms with Crippen molar-refractivity contribution in [3.05, 3.63) is 253 Å². The molecule has 9 aromatic carbocycles. The molecule has 2 nitrogen and oxygen atoms in total. The van der Waals surface area contributed by atoms with Crippen LogP contribution in [0.2, 0.25) is 0 Å². The Morgan fingerprint density at radius 3 is 1.54 bits per heavy atom. The fraction of sp³-hybridized carbons (Fsp3) is 0.0606. The predicted octanol–water partition coefficient (Wildman–Crippen LogP) is 17.8. The highest BCUT2D eigenvalue weighted by Crippen LogP contribution is 2.45. The molecule has 0 spiro atoms. The van der Waals surface area contributed by atoms with E-state index in [-0.39, 0.29) is 0 Å². The van der Waals surface area contributed by atoms with Crippen molar-refractivity contribution in [1.29, 1.82) is 0 Å². The molecule has 0 fully saturated rings. The van der Waals surface area contributed by atoms with Crippen LogP contribution in [0.25, 0.3) is 111 Å². The summed E-state index contributed by atoms with van der Waals surface area (Å²) in [6.07, 6.45) is 15.6. The Balaban J connectivity index is 1.04. The third-order valence-corrected chi connectivity index (χ3v) is 14.2. The predicted molar refractivity (Wildman–Crippen MR) is 289 cm³/mol. The fourth-order valence-electron chi connectivity index (χ4n) is 11.1. The number of rotatable bonds is 8. The summed E-state index contributed by atoms with van der Waals surface area (Å²) >= 11 is 0. The van der Waals surface area contributed by atoms with Crippen molar-refractivity contribution in [3.63, 3.8) is 0 Å². The minimum atomic E-state index is 0.993. The van der Waals surface area contributed by atoms with Crippen molar-refractivity contribution in [3.8, 4) is 67.0 Å². The van der Waals surface area contributed by atoms with Crippen LogP contribution in [0.5, 0.6) is 0 Å². The summed E-state index contributed by atoms with van der Waals surface area (Å²) in [5.41, 5.74) is 23.5. The van der Waals surface area contributed by atoms with E-state index in [0.29, 0.717) is 0 Å². The molecule has 68 heavy (non-hydrogen) atoms. The van der Waals surface area contributed by atoms with Crippen LogP contribution < -0.4 is 0 Å². The van der Waals surface area contributed by atoms with Gasteiger partial charge in [-0.25, -0.2) is 0 Å². The van der Waals surface area contributed by atoms with E-state index in [4.69, 9.17) is 0 Å². The maximum Gasteiger partial charge on any atom is 0.0547 e. The first-order chi connectivity index (χ1) is 33.7. The van der Waals surface area contributed by atoms with Gasteiger partial charge >= 0.3 is 0 Å². The quantitative estimate of drug-likeness (QED) is 0.144. The van der Waals surface area contributed by atoms with Crippen LogP contribution in [0.1, 0.15) is 36.1 Å². The van der Waals surface area contributed by atoms with Gasteiger partial charge in [-0.2, -0.15) is 0 Å². The Morgan fingerprint density at radius 2 is 0.853 bits per heavy atom. The maximum atomic E-state index is 2.50. The zero-order chi connectivity index (χ0) is 45.0. The number of fused-ring (bicyclic) bond motifs is 6. The minimum absolute atomic E-state index is 0.993. The third kappa shape index (κ3) is 6.88.